The van der Waals surface area contributed by atoms with Crippen LogP contribution >= 0.6 is 23.2 Å². The van der Waals surface area contributed by atoms with E-state index in [0.29, 0.717) is 12.4 Å². The molecule has 0 aliphatic carbocycles. The Hall–Kier alpha value is -0.310. The van der Waals surface area contributed by atoms with Crippen molar-refractivity contribution in [3.8, 4) is 0 Å². The monoisotopic (exact) mass is 277 g/mol. The van der Waals surface area contributed by atoms with Crippen LogP contribution in [0, 0.1) is 11.2 Å². The number of nitrogens with one attached hydrogen (secondary N) is 1. The maximum atomic E-state index is 13.2. The number of benzene rings is 1. The molecule has 1 aromatic rings. The summed E-state index contributed by atoms with van der Waals surface area (Å²) in [6.45, 7) is 5.80. The highest BCUT2D eigenvalue weighted by molar-refractivity contribution is 6.30. The van der Waals surface area contributed by atoms with Crippen molar-refractivity contribution in [1.82, 2.24) is 5.32 Å². The van der Waals surface area contributed by atoms with E-state index in [4.69, 9.17) is 23.2 Å². The van der Waals surface area contributed by atoms with Crippen LogP contribution in [0.4, 0.5) is 4.39 Å². The summed E-state index contributed by atoms with van der Waals surface area (Å²) in [5.74, 6) is 0.288. The molecule has 0 aliphatic heterocycles. The summed E-state index contributed by atoms with van der Waals surface area (Å²) in [7, 11) is 0. The normalized spacial score (nSPS) is 11.8. The van der Waals surface area contributed by atoms with Gasteiger partial charge in [0, 0.05) is 19.0 Å². The van der Waals surface area contributed by atoms with Gasteiger partial charge in [-0.3, -0.25) is 0 Å². The second kappa shape index (κ2) is 6.58. The lowest BCUT2D eigenvalue weighted by molar-refractivity contribution is 0.329. The maximum absolute atomic E-state index is 13.2. The molecule has 0 saturated heterocycles. The third-order valence-electron chi connectivity index (χ3n) is 2.69. The van der Waals surface area contributed by atoms with Gasteiger partial charge in [0.1, 0.15) is 5.82 Å². The molecule has 0 bridgehead atoms. The Morgan fingerprint density at radius 3 is 2.65 bits per heavy atom. The van der Waals surface area contributed by atoms with Crippen molar-refractivity contribution in [1.29, 1.82) is 0 Å². The summed E-state index contributed by atoms with van der Waals surface area (Å²) in [6.07, 6.45) is 0.955. The van der Waals surface area contributed by atoms with Crippen LogP contribution in [0.2, 0.25) is 5.02 Å². The zero-order valence-corrected chi connectivity index (χ0v) is 11.7. The quantitative estimate of drug-likeness (QED) is 0.768. The van der Waals surface area contributed by atoms with Crippen molar-refractivity contribution in [2.75, 3.05) is 12.4 Å². The average Bonchev–Trinajstić information content (AvgIpc) is 2.23. The molecule has 96 valence electrons. The second-order valence-electron chi connectivity index (χ2n) is 4.96. The summed E-state index contributed by atoms with van der Waals surface area (Å²) in [5.41, 5.74) is 1.06. The number of hydrogen-bond donors (Lipinski definition) is 1. The van der Waals surface area contributed by atoms with Gasteiger partial charge in [0.15, 0.2) is 0 Å². The number of halogens is 3. The van der Waals surface area contributed by atoms with Crippen molar-refractivity contribution in [3.05, 3.63) is 34.6 Å². The molecule has 0 unspecified atom stereocenters. The van der Waals surface area contributed by atoms with Gasteiger partial charge in [-0.2, -0.15) is 0 Å². The van der Waals surface area contributed by atoms with Crippen molar-refractivity contribution < 1.29 is 4.39 Å². The van der Waals surface area contributed by atoms with Gasteiger partial charge in [-0.25, -0.2) is 4.39 Å². The van der Waals surface area contributed by atoms with Crippen LogP contribution in [0.3, 0.4) is 0 Å². The lowest BCUT2D eigenvalue weighted by Gasteiger charge is -2.23. The van der Waals surface area contributed by atoms with E-state index in [1.165, 1.54) is 6.07 Å². The molecule has 0 fully saturated rings. The lowest BCUT2D eigenvalue weighted by atomic mass is 9.90. The van der Waals surface area contributed by atoms with E-state index in [0.717, 1.165) is 18.5 Å². The molecule has 0 heterocycles. The first-order chi connectivity index (χ1) is 7.94. The molecule has 1 aromatic carbocycles. The predicted molar refractivity (Wildman–Crippen MR) is 72.2 cm³/mol. The molecule has 1 N–H and O–H groups in total. The average molecular weight is 278 g/mol. The summed E-state index contributed by atoms with van der Waals surface area (Å²) < 4.78 is 13.2. The zero-order valence-electron chi connectivity index (χ0n) is 10.2. The standard InChI is InChI=1S/C13H18Cl2FN/c1-13(2,5-6-14)9-17-8-10-3-4-11(15)12(16)7-10/h3-4,7,17H,5-6,8-9H2,1-2H3. The molecule has 1 nitrogen and oxygen atoms in total. The van der Waals surface area contributed by atoms with E-state index in [2.05, 4.69) is 19.2 Å². The zero-order chi connectivity index (χ0) is 12.9. The molecule has 0 aromatic heterocycles. The van der Waals surface area contributed by atoms with Gasteiger partial charge >= 0.3 is 0 Å². The fourth-order valence-corrected chi connectivity index (χ4v) is 2.17. The molecule has 17 heavy (non-hydrogen) atoms. The summed E-state index contributed by atoms with van der Waals surface area (Å²) in [6, 6.07) is 4.87. The van der Waals surface area contributed by atoms with Crippen molar-refractivity contribution >= 4 is 23.2 Å². The molecule has 0 spiro atoms. The first kappa shape index (κ1) is 14.7. The third-order valence-corrected chi connectivity index (χ3v) is 3.18. The number of alkyl halides is 1. The van der Waals surface area contributed by atoms with Crippen molar-refractivity contribution in [2.45, 2.75) is 26.8 Å². The Morgan fingerprint density at radius 2 is 2.06 bits per heavy atom. The van der Waals surface area contributed by atoms with Gasteiger partial charge in [0.05, 0.1) is 5.02 Å². The van der Waals surface area contributed by atoms with Crippen LogP contribution in [-0.4, -0.2) is 12.4 Å². The van der Waals surface area contributed by atoms with E-state index in [-0.39, 0.29) is 16.3 Å². The lowest BCUT2D eigenvalue weighted by Crippen LogP contribution is -2.29. The first-order valence-electron chi connectivity index (χ1n) is 5.65. The van der Waals surface area contributed by atoms with Gasteiger partial charge in [-0.15, -0.1) is 11.6 Å². The van der Waals surface area contributed by atoms with E-state index in [1.807, 2.05) is 6.07 Å². The SMILES string of the molecule is CC(C)(CCCl)CNCc1ccc(Cl)c(F)c1. The minimum Gasteiger partial charge on any atom is -0.312 e. The van der Waals surface area contributed by atoms with Crippen LogP contribution in [0.15, 0.2) is 18.2 Å². The van der Waals surface area contributed by atoms with E-state index in [9.17, 15) is 4.39 Å². The minimum atomic E-state index is -0.369. The highest BCUT2D eigenvalue weighted by Crippen LogP contribution is 2.20. The van der Waals surface area contributed by atoms with E-state index >= 15 is 0 Å². The van der Waals surface area contributed by atoms with Crippen LogP contribution in [0.5, 0.6) is 0 Å². The van der Waals surface area contributed by atoms with Gasteiger partial charge in [0.2, 0.25) is 0 Å². The summed E-state index contributed by atoms with van der Waals surface area (Å²) >= 11 is 11.3. The minimum absolute atomic E-state index is 0.159. The van der Waals surface area contributed by atoms with Crippen LogP contribution in [-0.2, 0) is 6.54 Å². The van der Waals surface area contributed by atoms with E-state index in [1.54, 1.807) is 6.07 Å². The molecular weight excluding hydrogens is 260 g/mol. The van der Waals surface area contributed by atoms with Crippen LogP contribution < -0.4 is 5.32 Å². The van der Waals surface area contributed by atoms with Crippen molar-refractivity contribution in [3.63, 3.8) is 0 Å². The highest BCUT2D eigenvalue weighted by Gasteiger charge is 2.16. The third kappa shape index (κ3) is 5.24. The molecule has 0 saturated carbocycles. The molecule has 4 heteroatoms. The van der Waals surface area contributed by atoms with Gasteiger partial charge in [-0.05, 0) is 29.5 Å². The Balaban J connectivity index is 2.43. The fourth-order valence-electron chi connectivity index (χ4n) is 1.54. The molecule has 0 aliphatic rings. The molecular formula is C13H18Cl2FN. The Labute approximate surface area is 112 Å². The molecule has 0 radical (unpaired) electrons. The van der Waals surface area contributed by atoms with Crippen molar-refractivity contribution in [2.24, 2.45) is 5.41 Å². The smallest absolute Gasteiger partial charge is 0.142 e. The maximum Gasteiger partial charge on any atom is 0.142 e. The largest absolute Gasteiger partial charge is 0.312 e. The topological polar surface area (TPSA) is 12.0 Å². The summed E-state index contributed by atoms with van der Waals surface area (Å²) in [5, 5.41) is 3.47. The second-order valence-corrected chi connectivity index (χ2v) is 5.74. The van der Waals surface area contributed by atoms with Gasteiger partial charge in [0.25, 0.3) is 0 Å². The van der Waals surface area contributed by atoms with E-state index < -0.39 is 0 Å². The number of hydrogen-bond acceptors (Lipinski definition) is 1. The van der Waals surface area contributed by atoms with Gasteiger partial charge < -0.3 is 5.32 Å². The number of rotatable bonds is 6. The molecule has 1 rings (SSSR count). The van der Waals surface area contributed by atoms with Gasteiger partial charge in [-0.1, -0.05) is 31.5 Å². The Morgan fingerprint density at radius 1 is 1.35 bits per heavy atom. The highest BCUT2D eigenvalue weighted by atomic mass is 35.5. The Kier molecular flexibility index (Phi) is 5.71. The molecule has 0 atom stereocenters. The predicted octanol–water partition coefficient (Wildman–Crippen LogP) is 4.22. The first-order valence-corrected chi connectivity index (χ1v) is 6.56. The summed E-state index contributed by atoms with van der Waals surface area (Å²) in [4.78, 5) is 0. The van der Waals surface area contributed by atoms with Crippen LogP contribution in [0.25, 0.3) is 0 Å². The molecule has 0 amide bonds. The fraction of sp³-hybridized carbons (Fsp3) is 0.538. The van der Waals surface area contributed by atoms with Crippen LogP contribution in [0.1, 0.15) is 25.8 Å². The Bertz CT molecular complexity index is 366.